The third kappa shape index (κ3) is 3.58. The van der Waals surface area contributed by atoms with Crippen molar-refractivity contribution in [3.63, 3.8) is 0 Å². The maximum Gasteiger partial charge on any atom is 0.352 e. The van der Waals surface area contributed by atoms with Crippen molar-refractivity contribution in [3.05, 3.63) is 63.0 Å². The number of rotatable bonds is 4. The smallest absolute Gasteiger partial charge is 0.352 e. The summed E-state index contributed by atoms with van der Waals surface area (Å²) in [4.78, 5) is 25.9. The molecule has 0 aliphatic heterocycles. The molecule has 0 radical (unpaired) electrons. The molecule has 0 saturated carbocycles. The standard InChI is InChI=1S/C17H9Cl2F3N2O3/c18-9-2-1-6(3-10(9)19)23-12(25)5-8-7-4-11(20)13(21)14(22)15(7)24-16(8)17(26)27/h1-4,24H,5H2,(H,23,25)(H,26,27). The summed E-state index contributed by atoms with van der Waals surface area (Å²) in [7, 11) is 0. The number of aromatic nitrogens is 1. The molecule has 1 amide bonds. The molecule has 0 aliphatic carbocycles. The molecule has 3 N–H and O–H groups in total. The first-order valence-corrected chi connectivity index (χ1v) is 8.11. The van der Waals surface area contributed by atoms with Crippen LogP contribution in [-0.2, 0) is 11.2 Å². The molecule has 0 fully saturated rings. The van der Waals surface area contributed by atoms with Crippen molar-refractivity contribution in [1.29, 1.82) is 0 Å². The molecule has 0 unspecified atom stereocenters. The number of amides is 1. The number of carbonyl (C=O) groups is 2. The lowest BCUT2D eigenvalue weighted by molar-refractivity contribution is -0.115. The Labute approximate surface area is 159 Å². The molecule has 0 bridgehead atoms. The second-order valence-corrected chi connectivity index (χ2v) is 6.36. The highest BCUT2D eigenvalue weighted by molar-refractivity contribution is 6.42. The molecule has 3 rings (SSSR count). The van der Waals surface area contributed by atoms with Crippen LogP contribution in [0.4, 0.5) is 18.9 Å². The normalized spacial score (nSPS) is 11.0. The van der Waals surface area contributed by atoms with Gasteiger partial charge in [-0.25, -0.2) is 18.0 Å². The highest BCUT2D eigenvalue weighted by Gasteiger charge is 2.24. The van der Waals surface area contributed by atoms with Crippen LogP contribution >= 0.6 is 23.2 Å². The van der Waals surface area contributed by atoms with E-state index in [0.29, 0.717) is 6.07 Å². The lowest BCUT2D eigenvalue weighted by Gasteiger charge is -2.07. The topological polar surface area (TPSA) is 82.2 Å². The number of nitrogens with one attached hydrogen (secondary N) is 2. The van der Waals surface area contributed by atoms with Crippen LogP contribution in [0.3, 0.4) is 0 Å². The molecule has 2 aromatic carbocycles. The number of aromatic carboxylic acids is 1. The molecule has 3 aromatic rings. The van der Waals surface area contributed by atoms with Crippen LogP contribution in [0.5, 0.6) is 0 Å². The van der Waals surface area contributed by atoms with Gasteiger partial charge in [-0.3, -0.25) is 4.79 Å². The first-order chi connectivity index (χ1) is 12.7. The summed E-state index contributed by atoms with van der Waals surface area (Å²) in [6.07, 6.45) is -0.535. The van der Waals surface area contributed by atoms with E-state index >= 15 is 0 Å². The molecular weight excluding hydrogens is 408 g/mol. The average molecular weight is 417 g/mol. The van der Waals surface area contributed by atoms with E-state index in [9.17, 15) is 27.9 Å². The molecule has 140 valence electrons. The van der Waals surface area contributed by atoms with Crippen molar-refractivity contribution in [2.45, 2.75) is 6.42 Å². The highest BCUT2D eigenvalue weighted by atomic mass is 35.5. The fourth-order valence-corrected chi connectivity index (χ4v) is 2.89. The second-order valence-electron chi connectivity index (χ2n) is 5.55. The van der Waals surface area contributed by atoms with Gasteiger partial charge >= 0.3 is 5.97 Å². The molecule has 5 nitrogen and oxygen atoms in total. The van der Waals surface area contributed by atoms with Crippen LogP contribution in [0.2, 0.25) is 10.0 Å². The minimum atomic E-state index is -1.74. The van der Waals surface area contributed by atoms with Gasteiger partial charge in [-0.1, -0.05) is 23.2 Å². The fraction of sp³-hybridized carbons (Fsp3) is 0.0588. The first kappa shape index (κ1) is 19.1. The van der Waals surface area contributed by atoms with Gasteiger partial charge in [0.25, 0.3) is 0 Å². The zero-order chi connectivity index (χ0) is 19.9. The first-order valence-electron chi connectivity index (χ1n) is 7.35. The van der Waals surface area contributed by atoms with Gasteiger partial charge in [0.2, 0.25) is 5.91 Å². The molecule has 0 spiro atoms. The molecule has 10 heteroatoms. The minimum absolute atomic E-state index is 0.187. The van der Waals surface area contributed by atoms with Crippen molar-refractivity contribution < 1.29 is 27.9 Å². The number of hydrogen-bond donors (Lipinski definition) is 3. The summed E-state index contributed by atoms with van der Waals surface area (Å²) in [5.74, 6) is -7.00. The van der Waals surface area contributed by atoms with Crippen molar-refractivity contribution in [3.8, 4) is 0 Å². The molecule has 0 aliphatic rings. The van der Waals surface area contributed by atoms with Gasteiger partial charge in [0, 0.05) is 16.6 Å². The largest absolute Gasteiger partial charge is 0.477 e. The Morgan fingerprint density at radius 1 is 1.07 bits per heavy atom. The van der Waals surface area contributed by atoms with E-state index in [1.165, 1.54) is 18.2 Å². The van der Waals surface area contributed by atoms with Gasteiger partial charge in [0.1, 0.15) is 5.69 Å². The second kappa shape index (κ2) is 7.13. The van der Waals surface area contributed by atoms with Gasteiger partial charge in [-0.2, -0.15) is 0 Å². The van der Waals surface area contributed by atoms with E-state index in [1.54, 1.807) is 0 Å². The third-order valence-corrected chi connectivity index (χ3v) is 4.53. The highest BCUT2D eigenvalue weighted by Crippen LogP contribution is 2.29. The summed E-state index contributed by atoms with van der Waals surface area (Å²) < 4.78 is 40.9. The zero-order valence-electron chi connectivity index (χ0n) is 13.2. The molecule has 0 atom stereocenters. The van der Waals surface area contributed by atoms with E-state index in [-0.39, 0.29) is 26.7 Å². The molecule has 27 heavy (non-hydrogen) atoms. The Morgan fingerprint density at radius 2 is 1.78 bits per heavy atom. The van der Waals surface area contributed by atoms with Crippen molar-refractivity contribution in [2.75, 3.05) is 5.32 Å². The van der Waals surface area contributed by atoms with Crippen LogP contribution in [-0.4, -0.2) is 22.0 Å². The van der Waals surface area contributed by atoms with Gasteiger partial charge < -0.3 is 15.4 Å². The predicted octanol–water partition coefficient (Wildman–Crippen LogP) is 4.77. The summed E-state index contributed by atoms with van der Waals surface area (Å²) in [5, 5.41) is 11.9. The van der Waals surface area contributed by atoms with Crippen molar-refractivity contribution >= 4 is 51.7 Å². The molecule has 0 saturated heterocycles. The van der Waals surface area contributed by atoms with E-state index < -0.39 is 47.0 Å². The summed E-state index contributed by atoms with van der Waals surface area (Å²) in [5.41, 5.74) is -0.982. The van der Waals surface area contributed by atoms with Gasteiger partial charge in [-0.15, -0.1) is 0 Å². The van der Waals surface area contributed by atoms with Gasteiger partial charge in [0.15, 0.2) is 17.5 Å². The SMILES string of the molecule is O=C(Cc1c(C(=O)O)[nH]c2c(F)c(F)c(F)cc12)Nc1ccc(Cl)c(Cl)c1. The van der Waals surface area contributed by atoms with Crippen LogP contribution in [0.1, 0.15) is 16.1 Å². The van der Waals surface area contributed by atoms with Crippen molar-refractivity contribution in [1.82, 2.24) is 4.98 Å². The number of halogens is 5. The molecule has 1 aromatic heterocycles. The maximum absolute atomic E-state index is 13.9. The molecular formula is C17H9Cl2F3N2O3. The minimum Gasteiger partial charge on any atom is -0.477 e. The Morgan fingerprint density at radius 3 is 2.41 bits per heavy atom. The van der Waals surface area contributed by atoms with Crippen LogP contribution < -0.4 is 5.32 Å². The number of carboxylic acids is 1. The number of carboxylic acid groups (broad SMARTS) is 1. The number of aromatic amines is 1. The van der Waals surface area contributed by atoms with Crippen LogP contribution in [0.15, 0.2) is 24.3 Å². The number of hydrogen-bond acceptors (Lipinski definition) is 2. The number of anilines is 1. The fourth-order valence-electron chi connectivity index (χ4n) is 2.60. The summed E-state index contributed by atoms with van der Waals surface area (Å²) in [6.45, 7) is 0. The average Bonchev–Trinajstić information content (AvgIpc) is 2.95. The Bertz CT molecular complexity index is 1100. The zero-order valence-corrected chi connectivity index (χ0v) is 14.7. The predicted molar refractivity (Wildman–Crippen MR) is 93.9 cm³/mol. The Balaban J connectivity index is 2.00. The van der Waals surface area contributed by atoms with E-state index in [2.05, 4.69) is 10.3 Å². The molecule has 1 heterocycles. The number of H-pyrrole nitrogens is 1. The van der Waals surface area contributed by atoms with Crippen LogP contribution in [0.25, 0.3) is 10.9 Å². The van der Waals surface area contributed by atoms with Gasteiger partial charge in [0.05, 0.1) is 22.0 Å². The van der Waals surface area contributed by atoms with E-state index in [4.69, 9.17) is 23.2 Å². The Hall–Kier alpha value is -2.71. The lowest BCUT2D eigenvalue weighted by atomic mass is 10.1. The number of fused-ring (bicyclic) bond motifs is 1. The Kier molecular flexibility index (Phi) is 5.03. The maximum atomic E-state index is 13.9. The third-order valence-electron chi connectivity index (χ3n) is 3.79. The summed E-state index contributed by atoms with van der Waals surface area (Å²) >= 11 is 11.6. The quantitative estimate of drug-likeness (QED) is 0.535. The van der Waals surface area contributed by atoms with Crippen LogP contribution in [0, 0.1) is 17.5 Å². The monoisotopic (exact) mass is 416 g/mol. The van der Waals surface area contributed by atoms with Crippen molar-refractivity contribution in [2.24, 2.45) is 0 Å². The number of carbonyl (C=O) groups excluding carboxylic acids is 1. The number of benzene rings is 2. The summed E-state index contributed by atoms with van der Waals surface area (Å²) in [6, 6.07) is 4.93. The lowest BCUT2D eigenvalue weighted by Crippen LogP contribution is -2.16. The van der Waals surface area contributed by atoms with Gasteiger partial charge in [-0.05, 0) is 24.3 Å². The van der Waals surface area contributed by atoms with E-state index in [1.807, 2.05) is 0 Å². The van der Waals surface area contributed by atoms with E-state index in [0.717, 1.165) is 0 Å².